The highest BCUT2D eigenvalue weighted by Gasteiger charge is 2.12. The number of rotatable bonds is 2. The number of hydrogen-bond acceptors (Lipinski definition) is 2. The van der Waals surface area contributed by atoms with Crippen LogP contribution in [0.5, 0.6) is 5.75 Å². The van der Waals surface area contributed by atoms with Crippen LogP contribution in [0, 0.1) is 6.92 Å². The highest BCUT2D eigenvalue weighted by Crippen LogP contribution is 2.33. The van der Waals surface area contributed by atoms with Crippen molar-refractivity contribution >= 4 is 11.0 Å². The van der Waals surface area contributed by atoms with Crippen LogP contribution in [0.4, 0.5) is 0 Å². The molecule has 90 valence electrons. The molecule has 0 radical (unpaired) electrons. The van der Waals surface area contributed by atoms with Gasteiger partial charge in [-0.1, -0.05) is 30.3 Å². The molecule has 0 fully saturated rings. The normalized spacial score (nSPS) is 10.8. The Bertz CT molecular complexity index is 695. The Balaban J connectivity index is 2.21. The van der Waals surface area contributed by atoms with Crippen molar-refractivity contribution in [1.82, 2.24) is 0 Å². The fourth-order valence-corrected chi connectivity index (χ4v) is 2.21. The van der Waals surface area contributed by atoms with E-state index in [-0.39, 0.29) is 0 Å². The average Bonchev–Trinajstić information content (AvgIpc) is 2.77. The van der Waals surface area contributed by atoms with Gasteiger partial charge < -0.3 is 9.15 Å². The van der Waals surface area contributed by atoms with E-state index < -0.39 is 0 Å². The molecular weight excluding hydrogens is 224 g/mol. The number of methoxy groups -OCH3 is 1. The monoisotopic (exact) mass is 238 g/mol. The van der Waals surface area contributed by atoms with Crippen molar-refractivity contribution in [2.45, 2.75) is 6.92 Å². The van der Waals surface area contributed by atoms with Crippen LogP contribution in [0.3, 0.4) is 0 Å². The smallest absolute Gasteiger partial charge is 0.138 e. The van der Waals surface area contributed by atoms with Gasteiger partial charge in [-0.15, -0.1) is 0 Å². The van der Waals surface area contributed by atoms with Gasteiger partial charge in [-0.3, -0.25) is 0 Å². The quantitative estimate of drug-likeness (QED) is 0.659. The minimum atomic E-state index is 0.840. The zero-order valence-corrected chi connectivity index (χ0v) is 10.4. The molecule has 0 atom stereocenters. The minimum Gasteiger partial charge on any atom is -0.497 e. The molecule has 0 spiro atoms. The van der Waals surface area contributed by atoms with Crippen molar-refractivity contribution in [2.75, 3.05) is 7.11 Å². The van der Waals surface area contributed by atoms with E-state index in [0.29, 0.717) is 0 Å². The molecule has 2 heteroatoms. The molecule has 0 bridgehead atoms. The molecule has 1 aromatic heterocycles. The highest BCUT2D eigenvalue weighted by atomic mass is 16.5. The zero-order valence-electron chi connectivity index (χ0n) is 10.4. The molecule has 0 N–H and O–H groups in total. The maximum absolute atomic E-state index is 5.93. The predicted molar refractivity (Wildman–Crippen MR) is 72.9 cm³/mol. The Morgan fingerprint density at radius 2 is 1.83 bits per heavy atom. The summed E-state index contributed by atoms with van der Waals surface area (Å²) in [6, 6.07) is 16.0. The maximum Gasteiger partial charge on any atom is 0.138 e. The number of hydrogen-bond donors (Lipinski definition) is 0. The summed E-state index contributed by atoms with van der Waals surface area (Å²) in [5.41, 5.74) is 3.13. The first kappa shape index (κ1) is 10.9. The van der Waals surface area contributed by atoms with E-state index in [1.54, 1.807) is 7.11 Å². The lowest BCUT2D eigenvalue weighted by molar-refractivity contribution is 0.415. The van der Waals surface area contributed by atoms with Gasteiger partial charge in [-0.25, -0.2) is 0 Å². The van der Waals surface area contributed by atoms with Crippen LogP contribution in [0.2, 0.25) is 0 Å². The molecule has 0 saturated heterocycles. The van der Waals surface area contributed by atoms with Crippen molar-refractivity contribution < 1.29 is 9.15 Å². The van der Waals surface area contributed by atoms with E-state index in [1.165, 1.54) is 5.56 Å². The third-order valence-electron chi connectivity index (χ3n) is 3.18. The maximum atomic E-state index is 5.93. The number of ether oxygens (including phenoxy) is 1. The number of para-hydroxylation sites is 1. The second-order valence-corrected chi connectivity index (χ2v) is 4.28. The predicted octanol–water partition coefficient (Wildman–Crippen LogP) is 4.42. The lowest BCUT2D eigenvalue weighted by atomic mass is 10.1. The molecule has 0 unspecified atom stereocenters. The van der Waals surface area contributed by atoms with Gasteiger partial charge in [0.25, 0.3) is 0 Å². The topological polar surface area (TPSA) is 22.4 Å². The molecule has 0 saturated carbocycles. The van der Waals surface area contributed by atoms with Crippen LogP contribution >= 0.6 is 0 Å². The van der Waals surface area contributed by atoms with Gasteiger partial charge in [0.1, 0.15) is 17.1 Å². The average molecular weight is 238 g/mol. The number of furan rings is 1. The summed E-state index contributed by atoms with van der Waals surface area (Å²) in [5.74, 6) is 1.75. The SMILES string of the molecule is COc1cccc(-c2oc3ccccc3c2C)c1. The second-order valence-electron chi connectivity index (χ2n) is 4.28. The second kappa shape index (κ2) is 4.22. The van der Waals surface area contributed by atoms with Gasteiger partial charge in [0.2, 0.25) is 0 Å². The molecule has 0 aliphatic heterocycles. The van der Waals surface area contributed by atoms with E-state index in [4.69, 9.17) is 9.15 Å². The van der Waals surface area contributed by atoms with Gasteiger partial charge in [0, 0.05) is 16.5 Å². The standard InChI is InChI=1S/C16H14O2/c1-11-14-8-3-4-9-15(14)18-16(11)12-6-5-7-13(10-12)17-2/h3-10H,1-2H3. The first-order chi connectivity index (χ1) is 8.79. The van der Waals surface area contributed by atoms with E-state index >= 15 is 0 Å². The van der Waals surface area contributed by atoms with E-state index in [2.05, 4.69) is 13.0 Å². The van der Waals surface area contributed by atoms with Gasteiger partial charge in [0.15, 0.2) is 0 Å². The van der Waals surface area contributed by atoms with Gasteiger partial charge in [-0.05, 0) is 25.1 Å². The van der Waals surface area contributed by atoms with Crippen molar-refractivity contribution in [3.63, 3.8) is 0 Å². The summed E-state index contributed by atoms with van der Waals surface area (Å²) in [4.78, 5) is 0. The fraction of sp³-hybridized carbons (Fsp3) is 0.125. The lowest BCUT2D eigenvalue weighted by Gasteiger charge is -2.02. The summed E-state index contributed by atoms with van der Waals surface area (Å²) < 4.78 is 11.2. The molecule has 0 aliphatic rings. The van der Waals surface area contributed by atoms with Gasteiger partial charge in [0.05, 0.1) is 7.11 Å². The number of aryl methyl sites for hydroxylation is 1. The Morgan fingerprint density at radius 1 is 1.00 bits per heavy atom. The molecule has 3 rings (SSSR count). The minimum absolute atomic E-state index is 0.840. The fourth-order valence-electron chi connectivity index (χ4n) is 2.21. The van der Waals surface area contributed by atoms with Crippen molar-refractivity contribution in [3.8, 4) is 17.1 Å². The molecule has 0 amide bonds. The molecule has 1 heterocycles. The van der Waals surface area contributed by atoms with E-state index in [1.807, 2.05) is 42.5 Å². The highest BCUT2D eigenvalue weighted by molar-refractivity contribution is 5.87. The zero-order chi connectivity index (χ0) is 12.5. The molecule has 0 aliphatic carbocycles. The summed E-state index contributed by atoms with van der Waals surface area (Å²) in [5, 5.41) is 1.16. The Hall–Kier alpha value is -2.22. The molecule has 2 nitrogen and oxygen atoms in total. The van der Waals surface area contributed by atoms with Gasteiger partial charge in [-0.2, -0.15) is 0 Å². The summed E-state index contributed by atoms with van der Waals surface area (Å²) in [7, 11) is 1.67. The van der Waals surface area contributed by atoms with Crippen LogP contribution in [-0.4, -0.2) is 7.11 Å². The Morgan fingerprint density at radius 3 is 2.61 bits per heavy atom. The van der Waals surface area contributed by atoms with E-state index in [0.717, 1.165) is 28.0 Å². The third kappa shape index (κ3) is 1.66. The molecular formula is C16H14O2. The van der Waals surface area contributed by atoms with Crippen LogP contribution in [0.15, 0.2) is 52.9 Å². The largest absolute Gasteiger partial charge is 0.497 e. The summed E-state index contributed by atoms with van der Waals surface area (Å²) in [6.45, 7) is 2.08. The van der Waals surface area contributed by atoms with Crippen LogP contribution in [0.25, 0.3) is 22.3 Å². The van der Waals surface area contributed by atoms with Crippen LogP contribution in [0.1, 0.15) is 5.56 Å². The van der Waals surface area contributed by atoms with Crippen molar-refractivity contribution in [3.05, 3.63) is 54.1 Å². The molecule has 3 aromatic rings. The van der Waals surface area contributed by atoms with Crippen molar-refractivity contribution in [2.24, 2.45) is 0 Å². The Labute approximate surface area is 106 Å². The van der Waals surface area contributed by atoms with Crippen LogP contribution < -0.4 is 4.74 Å². The van der Waals surface area contributed by atoms with Gasteiger partial charge >= 0.3 is 0 Å². The Kier molecular flexibility index (Phi) is 2.56. The third-order valence-corrected chi connectivity index (χ3v) is 3.18. The van der Waals surface area contributed by atoms with Crippen molar-refractivity contribution in [1.29, 1.82) is 0 Å². The first-order valence-corrected chi connectivity index (χ1v) is 5.92. The molecule has 18 heavy (non-hydrogen) atoms. The lowest BCUT2D eigenvalue weighted by Crippen LogP contribution is -1.83. The molecule has 2 aromatic carbocycles. The van der Waals surface area contributed by atoms with E-state index in [9.17, 15) is 0 Å². The van der Waals surface area contributed by atoms with Crippen LogP contribution in [-0.2, 0) is 0 Å². The first-order valence-electron chi connectivity index (χ1n) is 5.92. The summed E-state index contributed by atoms with van der Waals surface area (Å²) >= 11 is 0. The summed E-state index contributed by atoms with van der Waals surface area (Å²) in [6.07, 6.45) is 0. The number of fused-ring (bicyclic) bond motifs is 1. The number of benzene rings is 2.